The van der Waals surface area contributed by atoms with Crippen LogP contribution < -0.4 is 10.1 Å². The fraction of sp³-hybridized carbons (Fsp3) is 0.400. The molecule has 0 unspecified atom stereocenters. The summed E-state index contributed by atoms with van der Waals surface area (Å²) in [5.74, 6) is -0.910. The second kappa shape index (κ2) is 9.47. The average molecular weight is 535 g/mol. The van der Waals surface area contributed by atoms with E-state index in [1.54, 1.807) is 23.7 Å². The molecule has 1 saturated heterocycles. The lowest BCUT2D eigenvalue weighted by atomic mass is 9.84. The van der Waals surface area contributed by atoms with Gasteiger partial charge in [0.25, 0.3) is 0 Å². The van der Waals surface area contributed by atoms with E-state index in [2.05, 4.69) is 20.1 Å². The van der Waals surface area contributed by atoms with Gasteiger partial charge in [0.2, 0.25) is 5.91 Å². The molecule has 0 bridgehead atoms. The molecule has 2 aliphatic rings. The molecule has 2 atom stereocenters. The summed E-state index contributed by atoms with van der Waals surface area (Å²) in [6.07, 6.45) is 2.68. The number of hydrogen-bond donors (Lipinski definition) is 1. The lowest BCUT2D eigenvalue weighted by Crippen LogP contribution is -2.50. The number of aromatic nitrogens is 3. The van der Waals surface area contributed by atoms with Gasteiger partial charge in [-0.2, -0.15) is 13.9 Å². The summed E-state index contributed by atoms with van der Waals surface area (Å²) in [6.45, 7) is -1.23. The monoisotopic (exact) mass is 534 g/mol. The molecule has 37 heavy (non-hydrogen) atoms. The molecule has 0 spiro atoms. The van der Waals surface area contributed by atoms with E-state index < -0.39 is 33.7 Å². The minimum absolute atomic E-state index is 0.0106. The Morgan fingerprint density at radius 2 is 2.08 bits per heavy atom. The van der Waals surface area contributed by atoms with Gasteiger partial charge in [-0.15, -0.1) is 0 Å². The van der Waals surface area contributed by atoms with Gasteiger partial charge >= 0.3 is 6.61 Å². The maximum Gasteiger partial charge on any atom is 0.387 e. The van der Waals surface area contributed by atoms with Crippen LogP contribution in [0.3, 0.4) is 0 Å². The molecule has 5 rings (SSSR count). The van der Waals surface area contributed by atoms with Crippen molar-refractivity contribution >= 4 is 15.7 Å². The number of amides is 1. The molecule has 8 nitrogen and oxygen atoms in total. The van der Waals surface area contributed by atoms with Gasteiger partial charge in [-0.05, 0) is 50.5 Å². The molecule has 3 aromatic rings. The van der Waals surface area contributed by atoms with E-state index in [0.29, 0.717) is 48.5 Å². The van der Waals surface area contributed by atoms with Gasteiger partial charge in [0, 0.05) is 23.5 Å². The zero-order valence-corrected chi connectivity index (χ0v) is 20.8. The average Bonchev–Trinajstić information content (AvgIpc) is 3.35. The highest BCUT2D eigenvalue weighted by molar-refractivity contribution is 7.91. The van der Waals surface area contributed by atoms with Crippen molar-refractivity contribution in [1.29, 1.82) is 0 Å². The van der Waals surface area contributed by atoms with Crippen LogP contribution in [0.25, 0.3) is 17.1 Å². The number of benzene rings is 1. The number of nitrogens with zero attached hydrogens (tertiary/aromatic N) is 3. The van der Waals surface area contributed by atoms with Crippen LogP contribution in [0.4, 0.5) is 13.2 Å². The molecule has 1 aromatic carbocycles. The Morgan fingerprint density at radius 3 is 2.76 bits per heavy atom. The molecule has 1 aliphatic heterocycles. The summed E-state index contributed by atoms with van der Waals surface area (Å²) in [5, 5.41) is 7.63. The summed E-state index contributed by atoms with van der Waals surface area (Å²) >= 11 is 0. The van der Waals surface area contributed by atoms with Gasteiger partial charge in [0.05, 0.1) is 34.6 Å². The molecule has 1 N–H and O–H groups in total. The van der Waals surface area contributed by atoms with E-state index in [9.17, 15) is 26.4 Å². The van der Waals surface area contributed by atoms with Gasteiger partial charge in [0.1, 0.15) is 11.6 Å². The van der Waals surface area contributed by atoms with Gasteiger partial charge in [0.15, 0.2) is 15.7 Å². The van der Waals surface area contributed by atoms with Gasteiger partial charge in [-0.1, -0.05) is 12.1 Å². The molecular formula is C25H25F3N4O4S. The van der Waals surface area contributed by atoms with Crippen molar-refractivity contribution in [3.05, 3.63) is 59.7 Å². The smallest absolute Gasteiger partial charge is 0.387 e. The van der Waals surface area contributed by atoms with Crippen LogP contribution in [0, 0.1) is 11.7 Å². The van der Waals surface area contributed by atoms with Gasteiger partial charge in [-0.3, -0.25) is 4.79 Å². The molecule has 12 heteroatoms. The second-order valence-electron chi connectivity index (χ2n) is 9.76. The lowest BCUT2D eigenvalue weighted by Gasteiger charge is -2.29. The fourth-order valence-electron chi connectivity index (χ4n) is 5.08. The predicted octanol–water partition coefficient (Wildman–Crippen LogP) is 3.47. The van der Waals surface area contributed by atoms with Gasteiger partial charge in [-0.25, -0.2) is 22.5 Å². The highest BCUT2D eigenvalue weighted by atomic mass is 32.2. The molecule has 2 aromatic heterocycles. The summed E-state index contributed by atoms with van der Waals surface area (Å²) in [5.41, 5.74) is 1.81. The summed E-state index contributed by atoms with van der Waals surface area (Å²) in [4.78, 5) is 17.3. The number of nitrogens with one attached hydrogen (secondary N) is 1. The second-order valence-corrected chi connectivity index (χ2v) is 11.9. The maximum atomic E-state index is 13.5. The van der Waals surface area contributed by atoms with E-state index in [0.717, 1.165) is 11.8 Å². The third kappa shape index (κ3) is 5.34. The largest absolute Gasteiger partial charge is 0.435 e. The zero-order chi connectivity index (χ0) is 26.4. The van der Waals surface area contributed by atoms with Crippen LogP contribution in [0.15, 0.2) is 42.6 Å². The van der Waals surface area contributed by atoms with Crippen molar-refractivity contribution in [3.63, 3.8) is 0 Å². The molecule has 1 amide bonds. The topological polar surface area (TPSA) is 103 Å². The molecule has 0 radical (unpaired) electrons. The Labute approximate surface area is 211 Å². The molecule has 3 heterocycles. The Bertz CT molecular complexity index is 1440. The van der Waals surface area contributed by atoms with Crippen LogP contribution in [0.1, 0.15) is 31.0 Å². The fourth-order valence-corrected chi connectivity index (χ4v) is 7.17. The highest BCUT2D eigenvalue weighted by Gasteiger charge is 2.41. The van der Waals surface area contributed by atoms with Crippen LogP contribution in [0.2, 0.25) is 0 Å². The zero-order valence-electron chi connectivity index (χ0n) is 20.0. The van der Waals surface area contributed by atoms with Crippen molar-refractivity contribution in [2.75, 3.05) is 11.5 Å². The van der Waals surface area contributed by atoms with E-state index in [-0.39, 0.29) is 23.2 Å². The maximum absolute atomic E-state index is 13.5. The van der Waals surface area contributed by atoms with Crippen molar-refractivity contribution in [2.45, 2.75) is 44.8 Å². The third-order valence-electron chi connectivity index (χ3n) is 6.83. The predicted molar refractivity (Wildman–Crippen MR) is 129 cm³/mol. The molecule has 1 fully saturated rings. The van der Waals surface area contributed by atoms with E-state index in [4.69, 9.17) is 0 Å². The van der Waals surface area contributed by atoms with Crippen molar-refractivity contribution < 1.29 is 31.1 Å². The first-order valence-corrected chi connectivity index (χ1v) is 13.6. The Kier molecular flexibility index (Phi) is 6.47. The normalized spacial score (nSPS) is 22.6. The van der Waals surface area contributed by atoms with Gasteiger partial charge < -0.3 is 10.1 Å². The first-order valence-electron chi connectivity index (χ1n) is 11.8. The minimum atomic E-state index is -3.19. The first kappa shape index (κ1) is 25.2. The van der Waals surface area contributed by atoms with Crippen LogP contribution in [-0.4, -0.2) is 52.7 Å². The summed E-state index contributed by atoms with van der Waals surface area (Å²) in [7, 11) is -3.19. The van der Waals surface area contributed by atoms with Crippen LogP contribution in [0.5, 0.6) is 5.75 Å². The van der Waals surface area contributed by atoms with Crippen LogP contribution in [-0.2, 0) is 27.5 Å². The summed E-state index contributed by atoms with van der Waals surface area (Å²) in [6, 6.07) is 8.92. The molecule has 1 aliphatic carbocycles. The van der Waals surface area contributed by atoms with E-state index in [1.807, 2.05) is 0 Å². The number of hydrogen-bond acceptors (Lipinski definition) is 6. The third-order valence-corrected chi connectivity index (χ3v) is 8.74. The standard InChI is InChI=1S/C25H25F3N4O4S/c1-25(9-10-37(34,35)14-25)30-23(33)16-5-7-19-20(12-16)32(21-8-6-17(26)13-29-21)31-22(19)15-3-2-4-18(11-15)36-24(27)28/h2-4,6,8,11,13,16,24H,5,7,9-10,12,14H2,1H3,(H,30,33)/t16-,25+/m1/s1. The number of alkyl halides is 2. The summed E-state index contributed by atoms with van der Waals surface area (Å²) < 4.78 is 69.1. The molecule has 0 saturated carbocycles. The van der Waals surface area contributed by atoms with Crippen molar-refractivity contribution in [2.24, 2.45) is 5.92 Å². The Balaban J connectivity index is 1.49. The highest BCUT2D eigenvalue weighted by Crippen LogP contribution is 2.36. The number of carbonyl (C=O) groups excluding carboxylic acids is 1. The quantitative estimate of drug-likeness (QED) is 0.520. The SMILES string of the molecule is C[C@]1(NC(=O)[C@@H]2CCc3c(-c4cccc(OC(F)F)c4)nn(-c4ccc(F)cn4)c3C2)CCS(=O)(=O)C1. The Hall–Kier alpha value is -3.41. The number of pyridine rings is 1. The molecule has 196 valence electrons. The van der Waals surface area contributed by atoms with Crippen LogP contribution >= 0.6 is 0 Å². The number of carbonyl (C=O) groups is 1. The number of ether oxygens (including phenoxy) is 1. The Morgan fingerprint density at radius 1 is 1.27 bits per heavy atom. The number of halogens is 3. The van der Waals surface area contributed by atoms with Crippen molar-refractivity contribution in [3.8, 4) is 22.8 Å². The first-order chi connectivity index (χ1) is 17.5. The van der Waals surface area contributed by atoms with Crippen molar-refractivity contribution in [1.82, 2.24) is 20.1 Å². The minimum Gasteiger partial charge on any atom is -0.435 e. The number of rotatable bonds is 6. The number of sulfone groups is 1. The van der Waals surface area contributed by atoms with E-state index in [1.165, 1.54) is 24.3 Å². The number of fused-ring (bicyclic) bond motifs is 1. The molecular weight excluding hydrogens is 509 g/mol. The lowest BCUT2D eigenvalue weighted by molar-refractivity contribution is -0.126. The van der Waals surface area contributed by atoms with E-state index >= 15 is 0 Å².